The lowest BCUT2D eigenvalue weighted by Crippen LogP contribution is -2.40. The summed E-state index contributed by atoms with van der Waals surface area (Å²) >= 11 is 0. The van der Waals surface area contributed by atoms with Gasteiger partial charge in [-0.15, -0.1) is 0 Å². The van der Waals surface area contributed by atoms with Crippen molar-refractivity contribution in [1.29, 1.82) is 5.41 Å². The van der Waals surface area contributed by atoms with Gasteiger partial charge in [0.05, 0.1) is 5.84 Å². The van der Waals surface area contributed by atoms with E-state index >= 15 is 0 Å². The maximum Gasteiger partial charge on any atom is 0.0989 e. The van der Waals surface area contributed by atoms with Gasteiger partial charge in [-0.25, -0.2) is 0 Å². The first-order valence-corrected chi connectivity index (χ1v) is 7.14. The van der Waals surface area contributed by atoms with Crippen molar-refractivity contribution in [2.75, 3.05) is 13.1 Å². The topological polar surface area (TPSA) is 27.1 Å². The van der Waals surface area contributed by atoms with Crippen molar-refractivity contribution in [3.63, 3.8) is 0 Å². The van der Waals surface area contributed by atoms with E-state index in [0.717, 1.165) is 24.8 Å². The zero-order valence-corrected chi connectivity index (χ0v) is 10.7. The number of nitrogens with one attached hydrogen (secondary N) is 1. The summed E-state index contributed by atoms with van der Waals surface area (Å²) in [6.45, 7) is 4.59. The van der Waals surface area contributed by atoms with Gasteiger partial charge in [0.15, 0.2) is 0 Å². The van der Waals surface area contributed by atoms with E-state index in [0.29, 0.717) is 5.92 Å². The van der Waals surface area contributed by atoms with Gasteiger partial charge in [-0.3, -0.25) is 5.41 Å². The van der Waals surface area contributed by atoms with E-state index in [4.69, 9.17) is 5.41 Å². The van der Waals surface area contributed by atoms with Gasteiger partial charge in [0.2, 0.25) is 0 Å². The lowest BCUT2D eigenvalue weighted by atomic mass is 9.91. The Morgan fingerprint density at radius 3 is 2.31 bits per heavy atom. The minimum absolute atomic E-state index is 0.600. The predicted octanol–water partition coefficient (Wildman–Crippen LogP) is 3.67. The fourth-order valence-corrected chi connectivity index (χ4v) is 3.33. The molecular weight excluding hydrogens is 196 g/mol. The van der Waals surface area contributed by atoms with Crippen molar-refractivity contribution in [2.45, 2.75) is 58.3 Å². The molecule has 1 heterocycles. The number of amidine groups is 1. The molecule has 2 heteroatoms. The Hall–Kier alpha value is -0.530. The van der Waals surface area contributed by atoms with Gasteiger partial charge in [-0.05, 0) is 31.6 Å². The lowest BCUT2D eigenvalue weighted by molar-refractivity contribution is 0.245. The Labute approximate surface area is 99.9 Å². The van der Waals surface area contributed by atoms with Gasteiger partial charge in [0, 0.05) is 19.0 Å². The number of hydrogen-bond acceptors (Lipinski definition) is 1. The SMILES string of the molecule is CCCC1CCN(C(=N)C2CCCC2)CC1. The Morgan fingerprint density at radius 1 is 1.12 bits per heavy atom. The smallest absolute Gasteiger partial charge is 0.0989 e. The van der Waals surface area contributed by atoms with Crippen LogP contribution in [0.1, 0.15) is 58.3 Å². The highest BCUT2D eigenvalue weighted by Crippen LogP contribution is 2.29. The Morgan fingerprint density at radius 2 is 1.75 bits per heavy atom. The Bertz CT molecular complexity index is 223. The first-order valence-electron chi connectivity index (χ1n) is 7.14. The third kappa shape index (κ3) is 2.78. The van der Waals surface area contributed by atoms with Crippen molar-refractivity contribution < 1.29 is 0 Å². The molecular formula is C14H26N2. The molecule has 16 heavy (non-hydrogen) atoms. The van der Waals surface area contributed by atoms with E-state index in [9.17, 15) is 0 Å². The summed E-state index contributed by atoms with van der Waals surface area (Å²) in [5, 5.41) is 8.27. The second-order valence-electron chi connectivity index (χ2n) is 5.59. The van der Waals surface area contributed by atoms with E-state index in [2.05, 4.69) is 11.8 Å². The average molecular weight is 222 g/mol. The van der Waals surface area contributed by atoms with Crippen molar-refractivity contribution in [3.8, 4) is 0 Å². The molecule has 92 valence electrons. The highest BCUT2D eigenvalue weighted by Gasteiger charge is 2.26. The summed E-state index contributed by atoms with van der Waals surface area (Å²) in [4.78, 5) is 2.36. The van der Waals surface area contributed by atoms with Crippen LogP contribution in [-0.4, -0.2) is 23.8 Å². The molecule has 0 aromatic heterocycles. The summed E-state index contributed by atoms with van der Waals surface area (Å²) in [6.07, 6.45) is 10.6. The predicted molar refractivity (Wildman–Crippen MR) is 68.9 cm³/mol. The molecule has 2 fully saturated rings. The first-order chi connectivity index (χ1) is 7.81. The van der Waals surface area contributed by atoms with Crippen LogP contribution in [0.15, 0.2) is 0 Å². The number of hydrogen-bond donors (Lipinski definition) is 1. The molecule has 2 aliphatic rings. The molecule has 0 bridgehead atoms. The minimum Gasteiger partial charge on any atom is -0.360 e. The molecule has 0 radical (unpaired) electrons. The van der Waals surface area contributed by atoms with Crippen LogP contribution in [0.4, 0.5) is 0 Å². The summed E-state index contributed by atoms with van der Waals surface area (Å²) in [5.41, 5.74) is 0. The molecule has 0 aromatic rings. The molecule has 2 nitrogen and oxygen atoms in total. The highest BCUT2D eigenvalue weighted by atomic mass is 15.2. The monoisotopic (exact) mass is 222 g/mol. The standard InChI is InChI=1S/C14H26N2/c1-2-5-12-8-10-16(11-9-12)14(15)13-6-3-4-7-13/h12-13,15H,2-11H2,1H3. The van der Waals surface area contributed by atoms with E-state index < -0.39 is 0 Å². The molecule has 1 saturated heterocycles. The van der Waals surface area contributed by atoms with Crippen molar-refractivity contribution in [3.05, 3.63) is 0 Å². The molecule has 0 atom stereocenters. The number of likely N-dealkylation sites (tertiary alicyclic amines) is 1. The fraction of sp³-hybridized carbons (Fsp3) is 0.929. The van der Waals surface area contributed by atoms with Crippen LogP contribution in [0, 0.1) is 17.2 Å². The normalized spacial score (nSPS) is 23.9. The van der Waals surface area contributed by atoms with Crippen LogP contribution in [0.5, 0.6) is 0 Å². The summed E-state index contributed by atoms with van der Waals surface area (Å²) in [5.74, 6) is 2.51. The van der Waals surface area contributed by atoms with E-state index in [1.165, 1.54) is 51.4 Å². The molecule has 1 saturated carbocycles. The Balaban J connectivity index is 1.77. The second-order valence-corrected chi connectivity index (χ2v) is 5.59. The van der Waals surface area contributed by atoms with Crippen molar-refractivity contribution in [2.24, 2.45) is 11.8 Å². The van der Waals surface area contributed by atoms with Gasteiger partial charge in [-0.1, -0.05) is 32.6 Å². The average Bonchev–Trinajstić information content (AvgIpc) is 2.83. The molecule has 0 aromatic carbocycles. The van der Waals surface area contributed by atoms with Gasteiger partial charge in [0.25, 0.3) is 0 Å². The zero-order chi connectivity index (χ0) is 11.4. The van der Waals surface area contributed by atoms with E-state index in [1.54, 1.807) is 0 Å². The van der Waals surface area contributed by atoms with Crippen LogP contribution in [-0.2, 0) is 0 Å². The van der Waals surface area contributed by atoms with Gasteiger partial charge >= 0.3 is 0 Å². The summed E-state index contributed by atoms with van der Waals surface area (Å²) < 4.78 is 0. The quantitative estimate of drug-likeness (QED) is 0.572. The minimum atomic E-state index is 0.600. The molecule has 1 N–H and O–H groups in total. The first kappa shape index (κ1) is 11.9. The number of piperidine rings is 1. The highest BCUT2D eigenvalue weighted by molar-refractivity contribution is 5.82. The van der Waals surface area contributed by atoms with Crippen molar-refractivity contribution in [1.82, 2.24) is 4.90 Å². The molecule has 0 unspecified atom stereocenters. The zero-order valence-electron chi connectivity index (χ0n) is 10.7. The molecule has 1 aliphatic heterocycles. The van der Waals surface area contributed by atoms with Crippen LogP contribution < -0.4 is 0 Å². The Kier molecular flexibility index (Phi) is 4.25. The number of rotatable bonds is 3. The van der Waals surface area contributed by atoms with Gasteiger partial charge < -0.3 is 4.90 Å². The summed E-state index contributed by atoms with van der Waals surface area (Å²) in [7, 11) is 0. The third-order valence-electron chi connectivity index (χ3n) is 4.39. The fourth-order valence-electron chi connectivity index (χ4n) is 3.33. The number of nitrogens with zero attached hydrogens (tertiary/aromatic N) is 1. The van der Waals surface area contributed by atoms with Crippen LogP contribution in [0.25, 0.3) is 0 Å². The molecule has 0 amide bonds. The van der Waals surface area contributed by atoms with Crippen LogP contribution in [0.2, 0.25) is 0 Å². The maximum atomic E-state index is 8.27. The third-order valence-corrected chi connectivity index (χ3v) is 4.39. The van der Waals surface area contributed by atoms with Crippen molar-refractivity contribution >= 4 is 5.84 Å². The van der Waals surface area contributed by atoms with Crippen LogP contribution in [0.3, 0.4) is 0 Å². The molecule has 2 rings (SSSR count). The molecule has 0 spiro atoms. The maximum absolute atomic E-state index is 8.27. The lowest BCUT2D eigenvalue weighted by Gasteiger charge is -2.35. The van der Waals surface area contributed by atoms with E-state index in [-0.39, 0.29) is 0 Å². The van der Waals surface area contributed by atoms with E-state index in [1.807, 2.05) is 0 Å². The summed E-state index contributed by atoms with van der Waals surface area (Å²) in [6, 6.07) is 0. The van der Waals surface area contributed by atoms with Gasteiger partial charge in [-0.2, -0.15) is 0 Å². The van der Waals surface area contributed by atoms with Crippen LogP contribution >= 0.6 is 0 Å². The van der Waals surface area contributed by atoms with Gasteiger partial charge in [0.1, 0.15) is 0 Å². The molecule has 1 aliphatic carbocycles. The largest absolute Gasteiger partial charge is 0.360 e. The second kappa shape index (κ2) is 5.70.